The maximum absolute atomic E-state index is 14.8. The van der Waals surface area contributed by atoms with Crippen molar-refractivity contribution in [1.82, 2.24) is 30.7 Å². The number of anilines is 1. The topological polar surface area (TPSA) is 187 Å². The van der Waals surface area contributed by atoms with Crippen LogP contribution < -0.4 is 20.9 Å². The number of amides is 6. The Kier molecular flexibility index (Phi) is 12.9. The number of morpholine rings is 1. The zero-order chi connectivity index (χ0) is 43.7. The fourth-order valence-electron chi connectivity index (χ4n) is 9.17. The number of fused-ring (bicyclic) bond motifs is 4. The molecule has 2 aromatic rings. The number of esters is 1. The lowest BCUT2D eigenvalue weighted by Crippen LogP contribution is -2.64. The molecule has 16 nitrogen and oxygen atoms in total. The van der Waals surface area contributed by atoms with E-state index in [9.17, 15) is 42.3 Å². The smallest absolute Gasteiger partial charge is 0.329 e. The quantitative estimate of drug-likeness (QED) is 0.334. The first-order valence-electron chi connectivity index (χ1n) is 21.0. The molecule has 0 spiro atoms. The van der Waals surface area contributed by atoms with Crippen molar-refractivity contribution in [3.8, 4) is 0 Å². The molecule has 4 fully saturated rings. The Morgan fingerprint density at radius 2 is 1.61 bits per heavy atom. The second-order valence-corrected chi connectivity index (χ2v) is 16.9. The Morgan fingerprint density at radius 3 is 2.36 bits per heavy atom. The summed E-state index contributed by atoms with van der Waals surface area (Å²) in [7, 11) is 1.97. The number of hydrogen-bond donors (Lipinski definition) is 3. The highest BCUT2D eigenvalue weighted by molar-refractivity contribution is 5.98. The Bertz CT molecular complexity index is 2070. The van der Waals surface area contributed by atoms with E-state index in [1.807, 2.05) is 32.2 Å². The SMILES string of the molecule is C[C@@H]1C[C@H]2C(=O)O[C@@H](C)[C@H](NC(=O)[C@H](Cc3cc(F)cc(F)c3)NC(=O)Cc3ccc4c(c3)CCN4C)C(=O)N3CCC[C@H]3C(=O)N3CCOC[C@H]3C(=O)N[C@@H](C)C(=O)N2C1. The standard InChI is InChI=1S/C43H53F2N7O9/c1-23-14-34-43(59)61-25(3)37(42(58)50-10-5-6-33(50)41(57)51-12-13-60-22-35(51)39(55)46-24(2)40(56)52(34)21-23)48-38(54)31(18-27-16-29(44)20-30(45)17-27)47-36(53)19-26-7-8-32-28(15-26)9-11-49(32)4/h7-8,15-17,20,23-25,31,33-35,37H,5-6,9-14,18-19,21-22H2,1-4H3,(H,46,55)(H,47,53)(H,48,54)/t23-,24+,25+,31+,33+,34+,35+,37+/m1/s1. The monoisotopic (exact) mass is 849 g/mol. The molecule has 7 rings (SSSR count). The molecule has 0 bridgehead atoms. The van der Waals surface area contributed by atoms with Gasteiger partial charge < -0.3 is 45.0 Å². The number of nitrogens with zero attached hydrogens (tertiary/aromatic N) is 4. The van der Waals surface area contributed by atoms with Gasteiger partial charge in [0.15, 0.2) is 0 Å². The molecule has 5 heterocycles. The van der Waals surface area contributed by atoms with Crippen LogP contribution in [0.3, 0.4) is 0 Å². The van der Waals surface area contributed by atoms with Gasteiger partial charge in [0.2, 0.25) is 35.4 Å². The number of rotatable bonds is 7. The van der Waals surface area contributed by atoms with E-state index >= 15 is 0 Å². The van der Waals surface area contributed by atoms with Gasteiger partial charge in [-0.1, -0.05) is 19.1 Å². The lowest BCUT2D eigenvalue weighted by molar-refractivity contribution is -0.164. The van der Waals surface area contributed by atoms with Crippen LogP contribution in [0.2, 0.25) is 0 Å². The highest BCUT2D eigenvalue weighted by atomic mass is 19.1. The summed E-state index contributed by atoms with van der Waals surface area (Å²) in [6, 6.07) is 0.981. The highest BCUT2D eigenvalue weighted by Crippen LogP contribution is 2.29. The maximum atomic E-state index is 14.8. The largest absolute Gasteiger partial charge is 0.458 e. The van der Waals surface area contributed by atoms with Crippen LogP contribution in [0.1, 0.15) is 56.7 Å². The third kappa shape index (κ3) is 9.48. The van der Waals surface area contributed by atoms with E-state index in [2.05, 4.69) is 20.9 Å². The van der Waals surface area contributed by atoms with E-state index in [0.29, 0.717) is 18.1 Å². The molecule has 6 amide bonds. The lowest BCUT2D eigenvalue weighted by atomic mass is 10.0. The predicted molar refractivity (Wildman–Crippen MR) is 215 cm³/mol. The second-order valence-electron chi connectivity index (χ2n) is 16.9. The molecule has 61 heavy (non-hydrogen) atoms. The van der Waals surface area contributed by atoms with Crippen LogP contribution >= 0.6 is 0 Å². The van der Waals surface area contributed by atoms with E-state index in [1.165, 1.54) is 28.5 Å². The fraction of sp³-hybridized carbons (Fsp3) is 0.558. The first-order chi connectivity index (χ1) is 29.1. The van der Waals surface area contributed by atoms with E-state index in [-0.39, 0.29) is 70.0 Å². The Balaban J connectivity index is 1.20. The lowest BCUT2D eigenvalue weighted by Gasteiger charge is -2.39. The van der Waals surface area contributed by atoms with Gasteiger partial charge in [-0.05, 0) is 80.3 Å². The Labute approximate surface area is 352 Å². The van der Waals surface area contributed by atoms with Crippen molar-refractivity contribution in [2.45, 2.75) is 102 Å². The van der Waals surface area contributed by atoms with Gasteiger partial charge in [-0.2, -0.15) is 0 Å². The van der Waals surface area contributed by atoms with Crippen molar-refractivity contribution in [2.75, 3.05) is 51.3 Å². The zero-order valence-corrected chi connectivity index (χ0v) is 34.8. The van der Waals surface area contributed by atoms with Crippen LogP contribution in [0.5, 0.6) is 0 Å². The molecule has 0 radical (unpaired) electrons. The number of ether oxygens (including phenoxy) is 2. The molecule has 0 aromatic heterocycles. The molecule has 18 heteroatoms. The molecule has 8 atom stereocenters. The first kappa shape index (κ1) is 43.4. The fourth-order valence-corrected chi connectivity index (χ4v) is 9.17. The molecular weight excluding hydrogens is 797 g/mol. The summed E-state index contributed by atoms with van der Waals surface area (Å²) in [5.74, 6) is -6.73. The minimum absolute atomic E-state index is 0.0439. The van der Waals surface area contributed by atoms with Crippen molar-refractivity contribution in [1.29, 1.82) is 0 Å². The summed E-state index contributed by atoms with van der Waals surface area (Å²) in [4.78, 5) is 105. The number of carbonyl (C=O) groups excluding carboxylic acids is 7. The van der Waals surface area contributed by atoms with Gasteiger partial charge in [-0.25, -0.2) is 13.6 Å². The van der Waals surface area contributed by atoms with Crippen molar-refractivity contribution in [3.63, 3.8) is 0 Å². The Morgan fingerprint density at radius 1 is 0.869 bits per heavy atom. The van der Waals surface area contributed by atoms with Gasteiger partial charge in [0.05, 0.1) is 19.6 Å². The van der Waals surface area contributed by atoms with E-state index in [0.717, 1.165) is 36.3 Å². The van der Waals surface area contributed by atoms with Gasteiger partial charge in [0.1, 0.15) is 54.0 Å². The van der Waals surface area contributed by atoms with Crippen LogP contribution in [0.4, 0.5) is 14.5 Å². The molecule has 4 saturated heterocycles. The van der Waals surface area contributed by atoms with Crippen LogP contribution in [0, 0.1) is 17.6 Å². The third-order valence-corrected chi connectivity index (χ3v) is 12.3. The molecule has 3 N–H and O–H groups in total. The average Bonchev–Trinajstić information content (AvgIpc) is 3.96. The number of halogens is 2. The second kappa shape index (κ2) is 18.1. The van der Waals surface area contributed by atoms with Crippen molar-refractivity contribution >= 4 is 47.1 Å². The predicted octanol–water partition coefficient (Wildman–Crippen LogP) is 0.617. The third-order valence-electron chi connectivity index (χ3n) is 12.3. The van der Waals surface area contributed by atoms with Gasteiger partial charge in [-0.15, -0.1) is 0 Å². The normalized spacial score (nSPS) is 27.8. The van der Waals surface area contributed by atoms with Crippen LogP contribution in [0.15, 0.2) is 36.4 Å². The maximum Gasteiger partial charge on any atom is 0.329 e. The first-order valence-corrected chi connectivity index (χ1v) is 21.0. The number of hydrogen-bond acceptors (Lipinski definition) is 10. The molecule has 5 aliphatic heterocycles. The number of benzene rings is 2. The van der Waals surface area contributed by atoms with Gasteiger partial charge >= 0.3 is 5.97 Å². The van der Waals surface area contributed by atoms with Crippen LogP contribution in [-0.4, -0.2) is 145 Å². The number of nitrogens with one attached hydrogen (secondary N) is 3. The minimum Gasteiger partial charge on any atom is -0.458 e. The van der Waals surface area contributed by atoms with Gasteiger partial charge in [0, 0.05) is 51.4 Å². The van der Waals surface area contributed by atoms with Crippen molar-refractivity contribution in [3.05, 3.63) is 64.7 Å². The summed E-state index contributed by atoms with van der Waals surface area (Å²) in [6.45, 7) is 5.91. The molecule has 5 aliphatic rings. The van der Waals surface area contributed by atoms with Crippen LogP contribution in [0.25, 0.3) is 0 Å². The van der Waals surface area contributed by atoms with Gasteiger partial charge in [-0.3, -0.25) is 28.8 Å². The molecule has 0 saturated carbocycles. The summed E-state index contributed by atoms with van der Waals surface area (Å²) in [5, 5.41) is 8.06. The zero-order valence-electron chi connectivity index (χ0n) is 34.8. The molecule has 328 valence electrons. The molecule has 0 unspecified atom stereocenters. The number of carbonyl (C=O) groups is 7. The van der Waals surface area contributed by atoms with E-state index < -0.39 is 95.4 Å². The van der Waals surface area contributed by atoms with Crippen LogP contribution in [-0.2, 0) is 62.3 Å². The highest BCUT2D eigenvalue weighted by Gasteiger charge is 2.47. The minimum atomic E-state index is -1.62. The van der Waals surface area contributed by atoms with Crippen molar-refractivity contribution in [2.24, 2.45) is 5.92 Å². The molecule has 2 aromatic carbocycles. The van der Waals surface area contributed by atoms with E-state index in [4.69, 9.17) is 9.47 Å². The summed E-state index contributed by atoms with van der Waals surface area (Å²) >= 11 is 0. The molecular formula is C43H53F2N7O9. The number of likely N-dealkylation sites (N-methyl/N-ethyl adjacent to an activating group) is 1. The summed E-state index contributed by atoms with van der Waals surface area (Å²) < 4.78 is 40.3. The number of cyclic esters (lactones) is 1. The molecule has 0 aliphatic carbocycles. The van der Waals surface area contributed by atoms with E-state index in [1.54, 1.807) is 0 Å². The Hall–Kier alpha value is -5.65. The van der Waals surface area contributed by atoms with Crippen molar-refractivity contribution < 1.29 is 51.8 Å². The summed E-state index contributed by atoms with van der Waals surface area (Å²) in [6.07, 6.45) is -0.206. The average molecular weight is 850 g/mol. The summed E-state index contributed by atoms with van der Waals surface area (Å²) in [5.41, 5.74) is 2.85. The van der Waals surface area contributed by atoms with Gasteiger partial charge in [0.25, 0.3) is 0 Å².